The predicted molar refractivity (Wildman–Crippen MR) is 104 cm³/mol. The van der Waals surface area contributed by atoms with Crippen LogP contribution >= 0.6 is 0 Å². The smallest absolute Gasteiger partial charge is 0.305 e. The van der Waals surface area contributed by atoms with Crippen LogP contribution in [0.4, 0.5) is 0 Å². The van der Waals surface area contributed by atoms with Gasteiger partial charge in [-0.25, -0.2) is 0 Å². The monoisotopic (exact) mass is 370 g/mol. The third-order valence-electron chi connectivity index (χ3n) is 4.23. The Kier molecular flexibility index (Phi) is 6.55. The summed E-state index contributed by atoms with van der Waals surface area (Å²) in [5.74, 6) is -1.43. The summed E-state index contributed by atoms with van der Waals surface area (Å²) in [5.41, 5.74) is 0.244. The molecule has 0 spiro atoms. The summed E-state index contributed by atoms with van der Waals surface area (Å²) in [6.07, 6.45) is -0.128. The van der Waals surface area contributed by atoms with E-state index >= 15 is 0 Å². The molecule has 144 valence electrons. The van der Waals surface area contributed by atoms with Crippen LogP contribution in [-0.4, -0.2) is 29.4 Å². The highest BCUT2D eigenvalue weighted by Gasteiger charge is 2.22. The zero-order chi connectivity index (χ0) is 20.0. The molecule has 0 heterocycles. The molecule has 3 N–H and O–H groups in total. The number of benzene rings is 2. The molecule has 2 rings (SSSR count). The molecule has 0 saturated carbocycles. The summed E-state index contributed by atoms with van der Waals surface area (Å²) in [4.78, 5) is 35.5. The van der Waals surface area contributed by atoms with Crippen LogP contribution in [0.1, 0.15) is 45.2 Å². The number of nitrogens with one attached hydrogen (secondary N) is 2. The molecule has 2 aromatic carbocycles. The number of hydrogen-bond acceptors (Lipinski definition) is 3. The van der Waals surface area contributed by atoms with Crippen LogP contribution in [0.25, 0.3) is 10.8 Å². The highest BCUT2D eigenvalue weighted by Crippen LogP contribution is 2.26. The van der Waals surface area contributed by atoms with Crippen LogP contribution < -0.4 is 10.6 Å². The number of carboxylic acid groups (broad SMARTS) is 1. The number of carboxylic acids is 1. The molecule has 0 aliphatic carbocycles. The molecular formula is C21H26N2O4. The fraction of sp³-hybridized carbons (Fsp3) is 0.381. The summed E-state index contributed by atoms with van der Waals surface area (Å²) in [6, 6.07) is 12.6. The van der Waals surface area contributed by atoms with Gasteiger partial charge in [0.2, 0.25) is 11.8 Å². The summed E-state index contributed by atoms with van der Waals surface area (Å²) >= 11 is 0. The van der Waals surface area contributed by atoms with Crippen LogP contribution in [0.5, 0.6) is 0 Å². The fourth-order valence-electron chi connectivity index (χ4n) is 2.79. The summed E-state index contributed by atoms with van der Waals surface area (Å²) < 4.78 is 0. The molecule has 6 heteroatoms. The van der Waals surface area contributed by atoms with Gasteiger partial charge in [-0.15, -0.1) is 0 Å². The predicted octanol–water partition coefficient (Wildman–Crippen LogP) is 3.02. The minimum absolute atomic E-state index is 0.0860. The van der Waals surface area contributed by atoms with Crippen molar-refractivity contribution in [2.24, 2.45) is 5.41 Å². The number of amides is 2. The lowest BCUT2D eigenvalue weighted by molar-refractivity contribution is -0.137. The molecule has 0 aliphatic heterocycles. The van der Waals surface area contributed by atoms with E-state index in [4.69, 9.17) is 0 Å². The van der Waals surface area contributed by atoms with Gasteiger partial charge in [-0.05, 0) is 16.3 Å². The van der Waals surface area contributed by atoms with Crippen molar-refractivity contribution < 1.29 is 19.5 Å². The Balaban J connectivity index is 2.09. The van der Waals surface area contributed by atoms with E-state index in [1.807, 2.05) is 42.5 Å². The van der Waals surface area contributed by atoms with Crippen molar-refractivity contribution in [3.05, 3.63) is 48.0 Å². The van der Waals surface area contributed by atoms with Gasteiger partial charge in [0, 0.05) is 18.4 Å². The normalized spacial score (nSPS) is 12.4. The highest BCUT2D eigenvalue weighted by atomic mass is 16.4. The summed E-state index contributed by atoms with van der Waals surface area (Å²) in [7, 11) is 0. The number of hydrogen-bond donors (Lipinski definition) is 3. The Morgan fingerprint density at radius 3 is 2.37 bits per heavy atom. The number of fused-ring (bicyclic) bond motifs is 1. The largest absolute Gasteiger partial charge is 0.481 e. The van der Waals surface area contributed by atoms with E-state index in [0.717, 1.165) is 16.3 Å². The molecule has 0 saturated heterocycles. The number of aliphatic carboxylic acids is 1. The Labute approximate surface area is 159 Å². The van der Waals surface area contributed by atoms with Gasteiger partial charge < -0.3 is 15.7 Å². The van der Waals surface area contributed by atoms with Crippen LogP contribution in [0.15, 0.2) is 42.5 Å². The van der Waals surface area contributed by atoms with Crippen molar-refractivity contribution in [1.82, 2.24) is 10.6 Å². The van der Waals surface area contributed by atoms with Crippen LogP contribution in [-0.2, 0) is 14.4 Å². The van der Waals surface area contributed by atoms with Gasteiger partial charge in [0.1, 0.15) is 0 Å². The third kappa shape index (κ3) is 5.81. The first-order valence-corrected chi connectivity index (χ1v) is 8.95. The van der Waals surface area contributed by atoms with Crippen LogP contribution in [0.2, 0.25) is 0 Å². The molecule has 27 heavy (non-hydrogen) atoms. The molecule has 0 radical (unpaired) electrons. The lowest BCUT2D eigenvalue weighted by Crippen LogP contribution is -2.38. The molecule has 0 aliphatic rings. The van der Waals surface area contributed by atoms with Crippen molar-refractivity contribution in [3.8, 4) is 0 Å². The number of carbonyl (C=O) groups is 3. The van der Waals surface area contributed by atoms with E-state index in [9.17, 15) is 19.5 Å². The highest BCUT2D eigenvalue weighted by molar-refractivity contribution is 5.88. The average Bonchev–Trinajstić information content (AvgIpc) is 2.59. The maximum Gasteiger partial charge on any atom is 0.305 e. The molecule has 6 nitrogen and oxygen atoms in total. The molecule has 0 fully saturated rings. The molecule has 0 bridgehead atoms. The van der Waals surface area contributed by atoms with Crippen molar-refractivity contribution in [2.75, 3.05) is 6.54 Å². The number of rotatable bonds is 7. The van der Waals surface area contributed by atoms with E-state index < -0.39 is 17.4 Å². The summed E-state index contributed by atoms with van der Waals surface area (Å²) in [5, 5.41) is 16.7. The first kappa shape index (κ1) is 20.4. The Hall–Kier alpha value is -2.89. The third-order valence-corrected chi connectivity index (χ3v) is 4.23. The second kappa shape index (κ2) is 8.66. The van der Waals surface area contributed by atoms with E-state index in [2.05, 4.69) is 10.6 Å². The van der Waals surface area contributed by atoms with Gasteiger partial charge >= 0.3 is 5.97 Å². The van der Waals surface area contributed by atoms with Gasteiger partial charge in [0.15, 0.2) is 0 Å². The minimum Gasteiger partial charge on any atom is -0.481 e. The van der Waals surface area contributed by atoms with Gasteiger partial charge in [-0.3, -0.25) is 14.4 Å². The van der Waals surface area contributed by atoms with Gasteiger partial charge in [-0.2, -0.15) is 0 Å². The van der Waals surface area contributed by atoms with Gasteiger partial charge in [-0.1, -0.05) is 63.2 Å². The molecule has 0 unspecified atom stereocenters. The summed E-state index contributed by atoms with van der Waals surface area (Å²) in [6.45, 7) is 5.60. The molecule has 0 aromatic heterocycles. The molecule has 2 amide bonds. The molecule has 2 aromatic rings. The fourth-order valence-corrected chi connectivity index (χ4v) is 2.79. The maximum atomic E-state index is 12.3. The Morgan fingerprint density at radius 1 is 1.04 bits per heavy atom. The molecular weight excluding hydrogens is 344 g/mol. The van der Waals surface area contributed by atoms with Crippen LogP contribution in [0.3, 0.4) is 0 Å². The van der Waals surface area contributed by atoms with E-state index in [1.165, 1.54) is 0 Å². The van der Waals surface area contributed by atoms with E-state index in [0.29, 0.717) is 0 Å². The van der Waals surface area contributed by atoms with Gasteiger partial charge in [0.05, 0.1) is 12.5 Å². The second-order valence-electron chi connectivity index (χ2n) is 7.54. The van der Waals surface area contributed by atoms with Crippen LogP contribution in [0, 0.1) is 5.41 Å². The minimum atomic E-state index is -0.991. The van der Waals surface area contributed by atoms with E-state index in [-0.39, 0.29) is 31.2 Å². The topological polar surface area (TPSA) is 95.5 Å². The van der Waals surface area contributed by atoms with Crippen molar-refractivity contribution in [1.29, 1.82) is 0 Å². The number of carbonyl (C=O) groups excluding carboxylic acids is 2. The maximum absolute atomic E-state index is 12.3. The quantitative estimate of drug-likeness (QED) is 0.698. The SMILES string of the molecule is CC(C)(C)C(=O)NCCC(=O)N[C@H](CC(=O)O)c1cccc2ccccc12. The second-order valence-corrected chi connectivity index (χ2v) is 7.54. The standard InChI is InChI=1S/C21H26N2O4/c1-21(2,3)20(27)22-12-11-18(24)23-17(13-19(25)26)16-10-6-8-14-7-4-5-9-15(14)16/h4-10,17H,11-13H2,1-3H3,(H,22,27)(H,23,24)(H,25,26)/t17-/m1/s1. The first-order valence-electron chi connectivity index (χ1n) is 8.95. The zero-order valence-electron chi connectivity index (χ0n) is 15.9. The van der Waals surface area contributed by atoms with Crippen molar-refractivity contribution in [3.63, 3.8) is 0 Å². The van der Waals surface area contributed by atoms with Crippen molar-refractivity contribution in [2.45, 2.75) is 39.7 Å². The average molecular weight is 370 g/mol. The molecule has 1 atom stereocenters. The van der Waals surface area contributed by atoms with Gasteiger partial charge in [0.25, 0.3) is 0 Å². The zero-order valence-corrected chi connectivity index (χ0v) is 15.9. The van der Waals surface area contributed by atoms with Crippen molar-refractivity contribution >= 4 is 28.6 Å². The Morgan fingerprint density at radius 2 is 1.70 bits per heavy atom. The van der Waals surface area contributed by atoms with E-state index in [1.54, 1.807) is 20.8 Å². The lowest BCUT2D eigenvalue weighted by Gasteiger charge is -2.20. The lowest BCUT2D eigenvalue weighted by atomic mass is 9.95. The Bertz CT molecular complexity index is 834. The first-order chi connectivity index (χ1) is 12.7.